The summed E-state index contributed by atoms with van der Waals surface area (Å²) in [5.74, 6) is 1.23. The van der Waals surface area contributed by atoms with E-state index in [0.29, 0.717) is 6.54 Å². The van der Waals surface area contributed by atoms with Crippen molar-refractivity contribution in [2.45, 2.75) is 52.2 Å². The molecule has 0 aliphatic carbocycles. The molecule has 1 heterocycles. The van der Waals surface area contributed by atoms with Crippen LogP contribution in [0.15, 0.2) is 48.5 Å². The van der Waals surface area contributed by atoms with E-state index in [1.165, 1.54) is 38.4 Å². The Morgan fingerprint density at radius 3 is 2.41 bits per heavy atom. The van der Waals surface area contributed by atoms with Crippen LogP contribution in [0.25, 0.3) is 0 Å². The number of hydrogen-bond donors (Lipinski definition) is 2. The molecule has 1 saturated heterocycles. The number of hydrogen-bond acceptors (Lipinski definition) is 4. The summed E-state index contributed by atoms with van der Waals surface area (Å²) in [6.45, 7) is 7.57. The summed E-state index contributed by atoms with van der Waals surface area (Å²) in [6, 6.07) is 15.5. The molecule has 6 nitrogen and oxygen atoms in total. The summed E-state index contributed by atoms with van der Waals surface area (Å²) in [4.78, 5) is 26.7. The van der Waals surface area contributed by atoms with E-state index in [-0.39, 0.29) is 24.3 Å². The third-order valence-electron chi connectivity index (χ3n) is 5.95. The van der Waals surface area contributed by atoms with E-state index in [1.807, 2.05) is 24.3 Å². The minimum absolute atomic E-state index is 0.106. The Morgan fingerprint density at radius 2 is 1.78 bits per heavy atom. The summed E-state index contributed by atoms with van der Waals surface area (Å²) in [7, 11) is 1.61. The lowest BCUT2D eigenvalue weighted by Gasteiger charge is -2.30. The monoisotopic (exact) mass is 437 g/mol. The molecule has 32 heavy (non-hydrogen) atoms. The van der Waals surface area contributed by atoms with Gasteiger partial charge in [0.25, 0.3) is 0 Å². The van der Waals surface area contributed by atoms with Gasteiger partial charge in [-0.05, 0) is 54.1 Å². The number of nitrogens with zero attached hydrogens (tertiary/aromatic N) is 1. The van der Waals surface area contributed by atoms with Gasteiger partial charge in [-0.15, -0.1) is 0 Å². The second-order valence-corrected chi connectivity index (χ2v) is 8.81. The lowest BCUT2D eigenvalue weighted by molar-refractivity contribution is -0.122. The molecule has 0 aromatic heterocycles. The average Bonchev–Trinajstić information content (AvgIpc) is 2.78. The van der Waals surface area contributed by atoms with Gasteiger partial charge in [-0.3, -0.25) is 14.5 Å². The number of methoxy groups -OCH3 is 1. The van der Waals surface area contributed by atoms with Crippen LogP contribution in [0.3, 0.4) is 0 Å². The van der Waals surface area contributed by atoms with Crippen LogP contribution in [-0.4, -0.2) is 36.9 Å². The predicted octanol–water partition coefficient (Wildman–Crippen LogP) is 3.81. The number of piperidine rings is 1. The van der Waals surface area contributed by atoms with E-state index in [4.69, 9.17) is 4.74 Å². The Morgan fingerprint density at radius 1 is 1.09 bits per heavy atom. The van der Waals surface area contributed by atoms with E-state index >= 15 is 0 Å². The van der Waals surface area contributed by atoms with E-state index in [9.17, 15) is 9.59 Å². The summed E-state index contributed by atoms with van der Waals surface area (Å²) in [6.07, 6.45) is 2.79. The Kier molecular flexibility index (Phi) is 8.68. The van der Waals surface area contributed by atoms with Crippen LogP contribution < -0.4 is 15.4 Å². The Hall–Kier alpha value is -2.86. The Labute approximate surface area is 191 Å². The molecule has 1 aliphatic rings. The quantitative estimate of drug-likeness (QED) is 0.626. The first kappa shape index (κ1) is 23.8. The molecule has 6 heteroatoms. The Bertz CT molecular complexity index is 880. The van der Waals surface area contributed by atoms with Crippen molar-refractivity contribution in [1.29, 1.82) is 0 Å². The van der Waals surface area contributed by atoms with Crippen molar-refractivity contribution in [2.75, 3.05) is 20.2 Å². The molecular formula is C26H35N3O3. The van der Waals surface area contributed by atoms with Gasteiger partial charge in [0.2, 0.25) is 11.8 Å². The topological polar surface area (TPSA) is 70.7 Å². The fourth-order valence-electron chi connectivity index (χ4n) is 4.24. The van der Waals surface area contributed by atoms with Gasteiger partial charge in [0, 0.05) is 26.6 Å². The molecule has 2 aromatic rings. The summed E-state index contributed by atoms with van der Waals surface area (Å²) < 4.78 is 5.18. The van der Waals surface area contributed by atoms with Crippen LogP contribution >= 0.6 is 0 Å². The molecule has 2 N–H and O–H groups in total. The van der Waals surface area contributed by atoms with Crippen LogP contribution in [-0.2, 0) is 22.7 Å². The number of amides is 2. The molecule has 2 unspecified atom stereocenters. The van der Waals surface area contributed by atoms with E-state index < -0.39 is 0 Å². The van der Waals surface area contributed by atoms with Gasteiger partial charge in [-0.2, -0.15) is 0 Å². The minimum Gasteiger partial charge on any atom is -0.497 e. The smallest absolute Gasteiger partial charge is 0.222 e. The number of ether oxygens (including phenoxy) is 1. The van der Waals surface area contributed by atoms with Gasteiger partial charge in [-0.25, -0.2) is 0 Å². The van der Waals surface area contributed by atoms with Gasteiger partial charge in [0.1, 0.15) is 5.75 Å². The maximum absolute atomic E-state index is 12.6. The van der Waals surface area contributed by atoms with Crippen molar-refractivity contribution in [2.24, 2.45) is 5.92 Å². The van der Waals surface area contributed by atoms with Crippen LogP contribution in [0.1, 0.15) is 55.8 Å². The molecule has 0 bridgehead atoms. The maximum Gasteiger partial charge on any atom is 0.222 e. The number of carbonyl (C=O) groups excluding carboxylic acids is 2. The molecule has 2 amide bonds. The fraction of sp³-hybridized carbons (Fsp3) is 0.462. The predicted molar refractivity (Wildman–Crippen MR) is 126 cm³/mol. The lowest BCUT2D eigenvalue weighted by atomic mass is 9.99. The molecule has 2 aromatic carbocycles. The van der Waals surface area contributed by atoms with Gasteiger partial charge >= 0.3 is 0 Å². The number of rotatable bonds is 9. The first-order valence-corrected chi connectivity index (χ1v) is 11.4. The van der Waals surface area contributed by atoms with E-state index in [2.05, 4.69) is 46.7 Å². The highest BCUT2D eigenvalue weighted by molar-refractivity contribution is 5.79. The van der Waals surface area contributed by atoms with Crippen molar-refractivity contribution in [1.82, 2.24) is 15.5 Å². The maximum atomic E-state index is 12.6. The second-order valence-electron chi connectivity index (χ2n) is 8.81. The van der Waals surface area contributed by atoms with Crippen LogP contribution in [0, 0.1) is 5.92 Å². The third kappa shape index (κ3) is 7.38. The van der Waals surface area contributed by atoms with E-state index in [1.54, 1.807) is 7.11 Å². The standard InChI is InChI=1S/C26H35N3O3/c1-19-5-4-14-29(17-19)18-22-8-6-21(7-9-22)16-27-26(31)15-25(28-20(2)30)23-10-12-24(32-3)13-11-23/h6-13,19,25H,4-5,14-18H2,1-3H3,(H,27,31)(H,28,30). The molecule has 3 rings (SSSR count). The van der Waals surface area contributed by atoms with Crippen LogP contribution in [0.4, 0.5) is 0 Å². The zero-order chi connectivity index (χ0) is 22.9. The number of likely N-dealkylation sites (tertiary alicyclic amines) is 1. The van der Waals surface area contributed by atoms with Crippen molar-refractivity contribution >= 4 is 11.8 Å². The third-order valence-corrected chi connectivity index (χ3v) is 5.95. The highest BCUT2D eigenvalue weighted by atomic mass is 16.5. The zero-order valence-corrected chi connectivity index (χ0v) is 19.4. The molecule has 1 fully saturated rings. The highest BCUT2D eigenvalue weighted by Gasteiger charge is 2.18. The van der Waals surface area contributed by atoms with Crippen molar-refractivity contribution in [3.8, 4) is 5.75 Å². The largest absolute Gasteiger partial charge is 0.497 e. The van der Waals surface area contributed by atoms with E-state index in [0.717, 1.165) is 29.3 Å². The molecule has 0 saturated carbocycles. The van der Waals surface area contributed by atoms with Crippen molar-refractivity contribution < 1.29 is 14.3 Å². The normalized spacial score (nSPS) is 17.4. The summed E-state index contributed by atoms with van der Waals surface area (Å²) >= 11 is 0. The lowest BCUT2D eigenvalue weighted by Crippen LogP contribution is -2.33. The number of nitrogens with one attached hydrogen (secondary N) is 2. The summed E-state index contributed by atoms with van der Waals surface area (Å²) in [5, 5.41) is 5.84. The highest BCUT2D eigenvalue weighted by Crippen LogP contribution is 2.21. The average molecular weight is 438 g/mol. The number of benzene rings is 2. The zero-order valence-electron chi connectivity index (χ0n) is 19.4. The van der Waals surface area contributed by atoms with Crippen molar-refractivity contribution in [3.63, 3.8) is 0 Å². The number of carbonyl (C=O) groups is 2. The van der Waals surface area contributed by atoms with Gasteiger partial charge in [0.15, 0.2) is 0 Å². The SMILES string of the molecule is COc1ccc(C(CC(=O)NCc2ccc(CN3CCCC(C)C3)cc2)NC(C)=O)cc1. The van der Waals surface area contributed by atoms with Gasteiger partial charge in [-0.1, -0.05) is 43.3 Å². The van der Waals surface area contributed by atoms with Gasteiger partial charge in [0.05, 0.1) is 19.6 Å². The molecule has 0 spiro atoms. The molecule has 1 aliphatic heterocycles. The molecule has 2 atom stereocenters. The molecule has 0 radical (unpaired) electrons. The first-order valence-electron chi connectivity index (χ1n) is 11.4. The Balaban J connectivity index is 1.51. The minimum atomic E-state index is -0.382. The van der Waals surface area contributed by atoms with Crippen molar-refractivity contribution in [3.05, 3.63) is 65.2 Å². The second kappa shape index (κ2) is 11.7. The van der Waals surface area contributed by atoms with Gasteiger partial charge < -0.3 is 15.4 Å². The molecular weight excluding hydrogens is 402 g/mol. The summed E-state index contributed by atoms with van der Waals surface area (Å²) in [5.41, 5.74) is 3.24. The molecule has 172 valence electrons. The van der Waals surface area contributed by atoms with Crippen LogP contribution in [0.5, 0.6) is 5.75 Å². The first-order chi connectivity index (χ1) is 15.4. The van der Waals surface area contributed by atoms with Crippen LogP contribution in [0.2, 0.25) is 0 Å². The fourth-order valence-corrected chi connectivity index (χ4v) is 4.24.